The van der Waals surface area contributed by atoms with Crippen molar-refractivity contribution in [2.45, 2.75) is 26.4 Å². The average Bonchev–Trinajstić information content (AvgIpc) is 2.57. The summed E-state index contributed by atoms with van der Waals surface area (Å²) in [6, 6.07) is 1.84. The third-order valence-electron chi connectivity index (χ3n) is 2.51. The summed E-state index contributed by atoms with van der Waals surface area (Å²) in [6.45, 7) is 5.69. The van der Waals surface area contributed by atoms with Crippen molar-refractivity contribution in [3.63, 3.8) is 0 Å². The molecule has 0 amide bonds. The number of ether oxygens (including phenoxy) is 2. The van der Waals surface area contributed by atoms with Gasteiger partial charge in [-0.1, -0.05) is 0 Å². The minimum absolute atomic E-state index is 0.239. The third kappa shape index (κ3) is 1.72. The van der Waals surface area contributed by atoms with Gasteiger partial charge < -0.3 is 14.6 Å². The van der Waals surface area contributed by atoms with E-state index >= 15 is 0 Å². The van der Waals surface area contributed by atoms with Crippen molar-refractivity contribution >= 4 is 15.9 Å². The zero-order chi connectivity index (χ0) is 11.2. The van der Waals surface area contributed by atoms with E-state index in [1.165, 1.54) is 0 Å². The van der Waals surface area contributed by atoms with Gasteiger partial charge in [-0.3, -0.25) is 0 Å². The van der Waals surface area contributed by atoms with Crippen LogP contribution in [-0.4, -0.2) is 11.9 Å². The Kier molecular flexibility index (Phi) is 2.43. The summed E-state index contributed by atoms with van der Waals surface area (Å²) in [5.41, 5.74) is 0.943. The molecule has 82 valence electrons. The summed E-state index contributed by atoms with van der Waals surface area (Å²) in [5, 5.41) is 10.0. The van der Waals surface area contributed by atoms with E-state index in [2.05, 4.69) is 15.9 Å². The first-order valence-corrected chi connectivity index (χ1v) is 5.52. The molecule has 0 atom stereocenters. The van der Waals surface area contributed by atoms with Gasteiger partial charge in [0, 0.05) is 0 Å². The molecule has 1 N–H and O–H groups in total. The van der Waals surface area contributed by atoms with E-state index in [0.29, 0.717) is 5.75 Å². The van der Waals surface area contributed by atoms with Crippen molar-refractivity contribution < 1.29 is 14.6 Å². The second kappa shape index (κ2) is 3.39. The average molecular weight is 273 g/mol. The molecule has 1 heterocycles. The summed E-state index contributed by atoms with van der Waals surface area (Å²) in [7, 11) is 0. The van der Waals surface area contributed by atoms with E-state index in [0.717, 1.165) is 21.3 Å². The van der Waals surface area contributed by atoms with Gasteiger partial charge in [0.1, 0.15) is 0 Å². The molecule has 1 aromatic carbocycles. The number of benzene rings is 1. The van der Waals surface area contributed by atoms with Crippen molar-refractivity contribution in [2.24, 2.45) is 0 Å². The molecule has 0 unspecified atom stereocenters. The predicted octanol–water partition coefficient (Wildman–Crippen LogP) is 2.71. The summed E-state index contributed by atoms with van der Waals surface area (Å²) in [6.07, 6.45) is 0. The minimum atomic E-state index is -0.881. The molecule has 3 nitrogen and oxygen atoms in total. The van der Waals surface area contributed by atoms with Gasteiger partial charge in [-0.15, -0.1) is 0 Å². The SMILES string of the molecule is Cc1c(C(C)(C)O)cc2c(c1Br)OCO2. The molecule has 15 heavy (non-hydrogen) atoms. The van der Waals surface area contributed by atoms with Crippen molar-refractivity contribution in [2.75, 3.05) is 6.79 Å². The maximum Gasteiger partial charge on any atom is 0.231 e. The maximum atomic E-state index is 10.0. The smallest absolute Gasteiger partial charge is 0.231 e. The van der Waals surface area contributed by atoms with Crippen LogP contribution in [0.5, 0.6) is 11.5 Å². The Morgan fingerprint density at radius 1 is 1.40 bits per heavy atom. The zero-order valence-corrected chi connectivity index (χ0v) is 10.5. The number of hydrogen-bond donors (Lipinski definition) is 1. The first-order valence-electron chi connectivity index (χ1n) is 4.73. The normalized spacial score (nSPS) is 14.5. The second-order valence-corrected chi connectivity index (χ2v) is 4.95. The zero-order valence-electron chi connectivity index (χ0n) is 8.93. The van der Waals surface area contributed by atoms with E-state index in [9.17, 15) is 5.11 Å². The van der Waals surface area contributed by atoms with E-state index in [4.69, 9.17) is 9.47 Å². The molecule has 0 aliphatic carbocycles. The topological polar surface area (TPSA) is 38.7 Å². The molecule has 2 rings (SSSR count). The Balaban J connectivity index is 2.64. The van der Waals surface area contributed by atoms with Crippen molar-refractivity contribution in [1.29, 1.82) is 0 Å². The monoisotopic (exact) mass is 272 g/mol. The fourth-order valence-corrected chi connectivity index (χ4v) is 2.25. The van der Waals surface area contributed by atoms with Crippen LogP contribution >= 0.6 is 15.9 Å². The van der Waals surface area contributed by atoms with Gasteiger partial charge in [-0.25, -0.2) is 0 Å². The van der Waals surface area contributed by atoms with Gasteiger partial charge in [0.15, 0.2) is 11.5 Å². The van der Waals surface area contributed by atoms with E-state index in [1.54, 1.807) is 13.8 Å². The van der Waals surface area contributed by atoms with Gasteiger partial charge in [0.2, 0.25) is 6.79 Å². The molecule has 0 spiro atoms. The minimum Gasteiger partial charge on any atom is -0.454 e. The second-order valence-electron chi connectivity index (χ2n) is 4.16. The van der Waals surface area contributed by atoms with Gasteiger partial charge in [-0.2, -0.15) is 0 Å². The van der Waals surface area contributed by atoms with Crippen LogP contribution in [0.1, 0.15) is 25.0 Å². The Labute approximate surface area is 97.1 Å². The first-order chi connectivity index (χ1) is 6.91. The fourth-order valence-electron chi connectivity index (χ4n) is 1.73. The summed E-state index contributed by atoms with van der Waals surface area (Å²) in [5.74, 6) is 1.41. The van der Waals surface area contributed by atoms with E-state index in [1.807, 2.05) is 13.0 Å². The molecule has 0 bridgehead atoms. The Morgan fingerprint density at radius 3 is 2.67 bits per heavy atom. The highest BCUT2D eigenvalue weighted by Crippen LogP contribution is 2.44. The van der Waals surface area contributed by atoms with Gasteiger partial charge in [0.05, 0.1) is 10.1 Å². The molecule has 1 aliphatic heterocycles. The lowest BCUT2D eigenvalue weighted by Gasteiger charge is -2.21. The predicted molar refractivity (Wildman–Crippen MR) is 60.2 cm³/mol. The van der Waals surface area contributed by atoms with Crippen LogP contribution in [0.25, 0.3) is 0 Å². The summed E-state index contributed by atoms with van der Waals surface area (Å²) >= 11 is 3.46. The number of rotatable bonds is 1. The highest BCUT2D eigenvalue weighted by molar-refractivity contribution is 9.10. The van der Waals surface area contributed by atoms with Gasteiger partial charge in [0.25, 0.3) is 0 Å². The van der Waals surface area contributed by atoms with Crippen molar-refractivity contribution in [3.8, 4) is 11.5 Å². The maximum absolute atomic E-state index is 10.0. The lowest BCUT2D eigenvalue weighted by molar-refractivity contribution is 0.0776. The molecular formula is C11H13BrO3. The summed E-state index contributed by atoms with van der Waals surface area (Å²) in [4.78, 5) is 0. The lowest BCUT2D eigenvalue weighted by atomic mass is 9.93. The quantitative estimate of drug-likeness (QED) is 0.855. The molecule has 0 saturated carbocycles. The van der Waals surface area contributed by atoms with Crippen LogP contribution in [0.4, 0.5) is 0 Å². The third-order valence-corrected chi connectivity index (χ3v) is 3.46. The molecular weight excluding hydrogens is 260 g/mol. The van der Waals surface area contributed by atoms with Gasteiger partial charge >= 0.3 is 0 Å². The summed E-state index contributed by atoms with van der Waals surface area (Å²) < 4.78 is 11.5. The van der Waals surface area contributed by atoms with Crippen molar-refractivity contribution in [1.82, 2.24) is 0 Å². The molecule has 0 aromatic heterocycles. The van der Waals surface area contributed by atoms with E-state index in [-0.39, 0.29) is 6.79 Å². The fraction of sp³-hybridized carbons (Fsp3) is 0.455. The largest absolute Gasteiger partial charge is 0.454 e. The molecule has 4 heteroatoms. The number of hydrogen-bond acceptors (Lipinski definition) is 3. The first kappa shape index (κ1) is 10.8. The number of aliphatic hydroxyl groups is 1. The standard InChI is InChI=1S/C11H13BrO3/c1-6-7(11(2,3)13)4-8-10(9(6)12)15-5-14-8/h4,13H,5H2,1-3H3. The number of halogens is 1. The Morgan fingerprint density at radius 2 is 2.07 bits per heavy atom. The molecule has 1 aromatic rings. The molecule has 0 fully saturated rings. The molecule has 0 saturated heterocycles. The van der Waals surface area contributed by atoms with Crippen LogP contribution in [0.15, 0.2) is 10.5 Å². The van der Waals surface area contributed by atoms with Crippen LogP contribution in [0.3, 0.4) is 0 Å². The van der Waals surface area contributed by atoms with Crippen LogP contribution in [0, 0.1) is 6.92 Å². The van der Waals surface area contributed by atoms with Crippen LogP contribution in [-0.2, 0) is 5.60 Å². The molecule has 1 aliphatic rings. The van der Waals surface area contributed by atoms with Crippen molar-refractivity contribution in [3.05, 3.63) is 21.7 Å². The Bertz CT molecular complexity index is 407. The van der Waals surface area contributed by atoms with Gasteiger partial charge in [-0.05, 0) is 53.9 Å². The lowest BCUT2D eigenvalue weighted by Crippen LogP contribution is -2.17. The van der Waals surface area contributed by atoms with E-state index < -0.39 is 5.60 Å². The van der Waals surface area contributed by atoms with Crippen LogP contribution in [0.2, 0.25) is 0 Å². The Hall–Kier alpha value is -0.740. The van der Waals surface area contributed by atoms with Crippen LogP contribution < -0.4 is 9.47 Å². The highest BCUT2D eigenvalue weighted by Gasteiger charge is 2.27. The highest BCUT2D eigenvalue weighted by atomic mass is 79.9. The molecule has 0 radical (unpaired) electrons. The number of fused-ring (bicyclic) bond motifs is 1.